The summed E-state index contributed by atoms with van der Waals surface area (Å²) in [5, 5.41) is 4.46. The van der Waals surface area contributed by atoms with Crippen LogP contribution in [0, 0.1) is 6.92 Å². The average Bonchev–Trinajstić information content (AvgIpc) is 2.32. The second-order valence-corrected chi connectivity index (χ2v) is 5.21. The zero-order valence-electron chi connectivity index (χ0n) is 9.86. The standard InChI is InChI=1S/C13H18N2S/c1-3-11-8-9-16-13(14-11)15-12-6-4-10(2)5-7-12/h4-7,11H,3,8-9H2,1-2H3,(H,14,15). The number of rotatable bonds is 2. The van der Waals surface area contributed by atoms with E-state index in [1.165, 1.54) is 17.7 Å². The molecule has 16 heavy (non-hydrogen) atoms. The fraction of sp³-hybridized carbons (Fsp3) is 0.462. The molecule has 0 aromatic heterocycles. The van der Waals surface area contributed by atoms with Gasteiger partial charge in [-0.1, -0.05) is 36.4 Å². The first-order valence-corrected chi connectivity index (χ1v) is 6.81. The van der Waals surface area contributed by atoms with E-state index < -0.39 is 0 Å². The van der Waals surface area contributed by atoms with Crippen molar-refractivity contribution in [2.45, 2.75) is 32.7 Å². The highest BCUT2D eigenvalue weighted by molar-refractivity contribution is 8.14. The Balaban J connectivity index is 2.03. The van der Waals surface area contributed by atoms with Crippen molar-refractivity contribution in [3.8, 4) is 0 Å². The molecule has 1 aromatic carbocycles. The molecule has 86 valence electrons. The van der Waals surface area contributed by atoms with Crippen LogP contribution in [0.3, 0.4) is 0 Å². The van der Waals surface area contributed by atoms with Gasteiger partial charge in [-0.3, -0.25) is 4.99 Å². The molecule has 0 saturated heterocycles. The Bertz CT molecular complexity index is 370. The van der Waals surface area contributed by atoms with E-state index in [2.05, 4.69) is 48.4 Å². The minimum absolute atomic E-state index is 0.509. The summed E-state index contributed by atoms with van der Waals surface area (Å²) in [5.74, 6) is 1.18. The fourth-order valence-corrected chi connectivity index (χ4v) is 2.68. The van der Waals surface area contributed by atoms with Crippen molar-refractivity contribution < 1.29 is 0 Å². The van der Waals surface area contributed by atoms with Gasteiger partial charge in [0.1, 0.15) is 0 Å². The normalized spacial score (nSPS) is 20.4. The smallest absolute Gasteiger partial charge is 0.161 e. The lowest BCUT2D eigenvalue weighted by Crippen LogP contribution is -2.19. The molecular weight excluding hydrogens is 216 g/mol. The third-order valence-corrected chi connectivity index (χ3v) is 3.68. The SMILES string of the molecule is CCC1CCSC(Nc2ccc(C)cc2)=N1. The highest BCUT2D eigenvalue weighted by Crippen LogP contribution is 2.21. The van der Waals surface area contributed by atoms with E-state index in [-0.39, 0.29) is 0 Å². The Hall–Kier alpha value is -0.960. The Morgan fingerprint density at radius 2 is 2.12 bits per heavy atom. The number of amidine groups is 1. The Kier molecular flexibility index (Phi) is 3.88. The molecule has 0 aliphatic carbocycles. The lowest BCUT2D eigenvalue weighted by atomic mass is 10.2. The van der Waals surface area contributed by atoms with Gasteiger partial charge in [-0.05, 0) is 31.9 Å². The fourth-order valence-electron chi connectivity index (χ4n) is 1.68. The van der Waals surface area contributed by atoms with Crippen LogP contribution in [0.2, 0.25) is 0 Å². The second kappa shape index (κ2) is 5.39. The molecule has 0 saturated carbocycles. The molecule has 2 rings (SSSR count). The van der Waals surface area contributed by atoms with Crippen LogP contribution in [0.1, 0.15) is 25.3 Å². The molecule has 0 fully saturated rings. The van der Waals surface area contributed by atoms with Crippen LogP contribution in [0.5, 0.6) is 0 Å². The number of nitrogens with one attached hydrogen (secondary N) is 1. The minimum Gasteiger partial charge on any atom is -0.335 e. The van der Waals surface area contributed by atoms with Crippen molar-refractivity contribution in [3.05, 3.63) is 29.8 Å². The molecule has 1 aromatic rings. The van der Waals surface area contributed by atoms with Crippen molar-refractivity contribution in [2.75, 3.05) is 11.1 Å². The van der Waals surface area contributed by atoms with Crippen molar-refractivity contribution in [1.29, 1.82) is 0 Å². The van der Waals surface area contributed by atoms with Crippen molar-refractivity contribution in [3.63, 3.8) is 0 Å². The van der Waals surface area contributed by atoms with Gasteiger partial charge in [-0.15, -0.1) is 0 Å². The zero-order chi connectivity index (χ0) is 11.4. The molecule has 1 atom stereocenters. The van der Waals surface area contributed by atoms with Crippen molar-refractivity contribution in [2.24, 2.45) is 4.99 Å². The minimum atomic E-state index is 0.509. The van der Waals surface area contributed by atoms with Crippen LogP contribution in [-0.2, 0) is 0 Å². The summed E-state index contributed by atoms with van der Waals surface area (Å²) in [6.45, 7) is 4.30. The van der Waals surface area contributed by atoms with Crippen LogP contribution >= 0.6 is 11.8 Å². The Labute approximate surface area is 102 Å². The van der Waals surface area contributed by atoms with Gasteiger partial charge in [-0.2, -0.15) is 0 Å². The predicted octanol–water partition coefficient (Wildman–Crippen LogP) is 3.68. The van der Waals surface area contributed by atoms with E-state index in [1.807, 2.05) is 11.8 Å². The molecule has 1 N–H and O–H groups in total. The van der Waals surface area contributed by atoms with E-state index >= 15 is 0 Å². The predicted molar refractivity (Wildman–Crippen MR) is 73.4 cm³/mol. The summed E-state index contributed by atoms with van der Waals surface area (Å²) in [7, 11) is 0. The number of aliphatic imine (C=N–C) groups is 1. The summed E-state index contributed by atoms with van der Waals surface area (Å²) in [6.07, 6.45) is 2.35. The molecule has 0 bridgehead atoms. The molecular formula is C13H18N2S. The van der Waals surface area contributed by atoms with Gasteiger partial charge >= 0.3 is 0 Å². The highest BCUT2D eigenvalue weighted by Gasteiger charge is 2.13. The molecule has 0 radical (unpaired) electrons. The van der Waals surface area contributed by atoms with E-state index in [1.54, 1.807) is 0 Å². The largest absolute Gasteiger partial charge is 0.335 e. The second-order valence-electron chi connectivity index (χ2n) is 4.12. The van der Waals surface area contributed by atoms with Crippen LogP contribution in [-0.4, -0.2) is 17.0 Å². The maximum atomic E-state index is 4.69. The summed E-state index contributed by atoms with van der Waals surface area (Å²) < 4.78 is 0. The Morgan fingerprint density at radius 3 is 2.81 bits per heavy atom. The van der Waals surface area contributed by atoms with E-state index in [9.17, 15) is 0 Å². The third kappa shape index (κ3) is 3.01. The first kappa shape index (κ1) is 11.5. The topological polar surface area (TPSA) is 24.4 Å². The molecule has 1 aliphatic rings. The average molecular weight is 234 g/mol. The number of aryl methyl sites for hydroxylation is 1. The molecule has 1 heterocycles. The monoisotopic (exact) mass is 234 g/mol. The van der Waals surface area contributed by atoms with E-state index in [0.29, 0.717) is 6.04 Å². The summed E-state index contributed by atoms with van der Waals surface area (Å²) in [4.78, 5) is 4.69. The molecule has 2 nitrogen and oxygen atoms in total. The van der Waals surface area contributed by atoms with Gasteiger partial charge < -0.3 is 5.32 Å². The number of thioether (sulfide) groups is 1. The van der Waals surface area contributed by atoms with Gasteiger partial charge in [0, 0.05) is 11.4 Å². The highest BCUT2D eigenvalue weighted by atomic mass is 32.2. The molecule has 0 amide bonds. The zero-order valence-corrected chi connectivity index (χ0v) is 10.7. The van der Waals surface area contributed by atoms with E-state index in [0.717, 1.165) is 17.3 Å². The number of anilines is 1. The first-order chi connectivity index (χ1) is 7.78. The molecule has 0 spiro atoms. The van der Waals surface area contributed by atoms with Crippen molar-refractivity contribution in [1.82, 2.24) is 0 Å². The Morgan fingerprint density at radius 1 is 1.38 bits per heavy atom. The molecule has 3 heteroatoms. The molecule has 1 unspecified atom stereocenters. The lowest BCUT2D eigenvalue weighted by Gasteiger charge is -2.19. The number of nitrogens with zero attached hydrogens (tertiary/aromatic N) is 1. The van der Waals surface area contributed by atoms with Gasteiger partial charge in [0.15, 0.2) is 5.17 Å². The summed E-state index contributed by atoms with van der Waals surface area (Å²) in [6, 6.07) is 8.96. The van der Waals surface area contributed by atoms with Crippen LogP contribution < -0.4 is 5.32 Å². The number of hydrogen-bond acceptors (Lipinski definition) is 3. The van der Waals surface area contributed by atoms with Gasteiger partial charge in [-0.25, -0.2) is 0 Å². The maximum absolute atomic E-state index is 4.69. The lowest BCUT2D eigenvalue weighted by molar-refractivity contribution is 0.634. The molecule has 1 aliphatic heterocycles. The summed E-state index contributed by atoms with van der Waals surface area (Å²) in [5.41, 5.74) is 2.42. The quantitative estimate of drug-likeness (QED) is 0.844. The van der Waals surface area contributed by atoms with Gasteiger partial charge in [0.2, 0.25) is 0 Å². The maximum Gasteiger partial charge on any atom is 0.161 e. The summed E-state index contributed by atoms with van der Waals surface area (Å²) >= 11 is 1.82. The number of hydrogen-bond donors (Lipinski definition) is 1. The van der Waals surface area contributed by atoms with Crippen LogP contribution in [0.25, 0.3) is 0 Å². The van der Waals surface area contributed by atoms with E-state index in [4.69, 9.17) is 0 Å². The number of benzene rings is 1. The van der Waals surface area contributed by atoms with Crippen LogP contribution in [0.4, 0.5) is 5.69 Å². The van der Waals surface area contributed by atoms with Gasteiger partial charge in [0.25, 0.3) is 0 Å². The first-order valence-electron chi connectivity index (χ1n) is 5.82. The van der Waals surface area contributed by atoms with Crippen LogP contribution in [0.15, 0.2) is 29.3 Å². The third-order valence-electron chi connectivity index (χ3n) is 2.76. The van der Waals surface area contributed by atoms with Gasteiger partial charge in [0.05, 0.1) is 6.04 Å². The van der Waals surface area contributed by atoms with Crippen molar-refractivity contribution >= 4 is 22.6 Å².